The SMILES string of the molecule is CN1CC[C@]23c4c5ccc(C=C=CC(C)(C)C)c4OC2C(C(C)(C)C)C=C[C@H]3[C@H]1C5. The maximum atomic E-state index is 7.01. The van der Waals surface area contributed by atoms with E-state index in [2.05, 4.69) is 95.7 Å². The van der Waals surface area contributed by atoms with E-state index >= 15 is 0 Å². The first kappa shape index (κ1) is 20.2. The highest BCUT2D eigenvalue weighted by molar-refractivity contribution is 5.67. The van der Waals surface area contributed by atoms with Gasteiger partial charge in [-0.3, -0.25) is 0 Å². The molecule has 5 rings (SSSR count). The molecule has 5 atom stereocenters. The van der Waals surface area contributed by atoms with Crippen LogP contribution < -0.4 is 4.74 Å². The molecule has 1 fully saturated rings. The first-order valence-corrected chi connectivity index (χ1v) is 11.7. The fourth-order valence-electron chi connectivity index (χ4n) is 6.54. The van der Waals surface area contributed by atoms with Crippen molar-refractivity contribution in [2.24, 2.45) is 22.7 Å². The van der Waals surface area contributed by atoms with E-state index in [1.54, 1.807) is 0 Å². The maximum Gasteiger partial charge on any atom is 0.131 e. The summed E-state index contributed by atoms with van der Waals surface area (Å²) >= 11 is 0. The van der Waals surface area contributed by atoms with Gasteiger partial charge >= 0.3 is 0 Å². The van der Waals surface area contributed by atoms with Gasteiger partial charge in [-0.05, 0) is 55.0 Å². The molecule has 0 saturated carbocycles. The van der Waals surface area contributed by atoms with Crippen LogP contribution in [0.15, 0.2) is 36.1 Å². The van der Waals surface area contributed by atoms with Crippen molar-refractivity contribution in [1.29, 1.82) is 0 Å². The molecular weight excluding hydrogens is 366 g/mol. The van der Waals surface area contributed by atoms with Crippen LogP contribution in [0.2, 0.25) is 0 Å². The molecule has 0 N–H and O–H groups in total. The largest absolute Gasteiger partial charge is 0.488 e. The highest BCUT2D eigenvalue weighted by Gasteiger charge is 2.64. The Morgan fingerprint density at radius 3 is 2.60 bits per heavy atom. The second-order valence-electron chi connectivity index (χ2n) is 12.2. The van der Waals surface area contributed by atoms with E-state index in [9.17, 15) is 0 Å². The van der Waals surface area contributed by atoms with Crippen LogP contribution in [0.1, 0.15) is 64.7 Å². The zero-order valence-electron chi connectivity index (χ0n) is 19.8. The molecule has 2 heterocycles. The van der Waals surface area contributed by atoms with E-state index in [1.807, 2.05) is 0 Å². The van der Waals surface area contributed by atoms with Crippen LogP contribution in [0.3, 0.4) is 0 Å². The number of ether oxygens (including phenoxy) is 1. The van der Waals surface area contributed by atoms with Gasteiger partial charge in [0.25, 0.3) is 0 Å². The predicted molar refractivity (Wildman–Crippen MR) is 125 cm³/mol. The van der Waals surface area contributed by atoms with Gasteiger partial charge in [-0.15, -0.1) is 5.73 Å². The second-order valence-corrected chi connectivity index (χ2v) is 12.2. The van der Waals surface area contributed by atoms with E-state index in [1.165, 1.54) is 23.1 Å². The lowest BCUT2D eigenvalue weighted by atomic mass is 9.50. The highest BCUT2D eigenvalue weighted by atomic mass is 16.5. The van der Waals surface area contributed by atoms with E-state index in [4.69, 9.17) is 4.74 Å². The Balaban J connectivity index is 1.71. The summed E-state index contributed by atoms with van der Waals surface area (Å²) in [5.74, 6) is 2.13. The summed E-state index contributed by atoms with van der Waals surface area (Å²) < 4.78 is 7.01. The molecule has 160 valence electrons. The molecule has 2 aliphatic heterocycles. The van der Waals surface area contributed by atoms with Gasteiger partial charge in [0.05, 0.1) is 0 Å². The van der Waals surface area contributed by atoms with Gasteiger partial charge in [-0.25, -0.2) is 0 Å². The van der Waals surface area contributed by atoms with Crippen molar-refractivity contribution in [1.82, 2.24) is 4.90 Å². The number of likely N-dealkylation sites (tertiary alicyclic amines) is 1. The number of nitrogens with zero attached hydrogens (tertiary/aromatic N) is 1. The molecule has 2 unspecified atom stereocenters. The number of rotatable bonds is 1. The Hall–Kier alpha value is -1.76. The van der Waals surface area contributed by atoms with Crippen LogP contribution in [0.25, 0.3) is 6.08 Å². The number of allylic oxidation sites excluding steroid dienone is 1. The summed E-state index contributed by atoms with van der Waals surface area (Å²) in [6.07, 6.45) is 11.9. The third kappa shape index (κ3) is 2.80. The third-order valence-corrected chi connectivity index (χ3v) is 7.98. The topological polar surface area (TPSA) is 12.5 Å². The van der Waals surface area contributed by atoms with Crippen LogP contribution in [-0.4, -0.2) is 30.6 Å². The van der Waals surface area contributed by atoms with Crippen molar-refractivity contribution >= 4 is 6.08 Å². The summed E-state index contributed by atoms with van der Waals surface area (Å²) in [4.78, 5) is 2.59. The molecule has 1 aromatic rings. The van der Waals surface area contributed by atoms with Crippen molar-refractivity contribution in [2.45, 2.75) is 71.9 Å². The van der Waals surface area contributed by atoms with Crippen molar-refractivity contribution in [3.8, 4) is 5.75 Å². The summed E-state index contributed by atoms with van der Waals surface area (Å²) in [5, 5.41) is 0. The predicted octanol–water partition coefficient (Wildman–Crippen LogP) is 6.01. The molecule has 2 nitrogen and oxygen atoms in total. The molecule has 2 aliphatic carbocycles. The number of likely N-dealkylation sites (N-methyl/N-ethyl adjacent to an activating group) is 1. The van der Waals surface area contributed by atoms with E-state index in [0.717, 1.165) is 18.7 Å². The Morgan fingerprint density at radius 2 is 1.90 bits per heavy atom. The molecule has 2 heteroatoms. The Bertz CT molecular complexity index is 966. The lowest BCUT2D eigenvalue weighted by Crippen LogP contribution is -2.64. The Morgan fingerprint density at radius 1 is 1.13 bits per heavy atom. The lowest BCUT2D eigenvalue weighted by Gasteiger charge is -2.58. The molecular formula is C28H37NO. The maximum absolute atomic E-state index is 7.01. The van der Waals surface area contributed by atoms with Gasteiger partial charge in [0.1, 0.15) is 11.9 Å². The van der Waals surface area contributed by atoms with Gasteiger partial charge in [0.15, 0.2) is 0 Å². The minimum absolute atomic E-state index is 0.129. The zero-order valence-corrected chi connectivity index (χ0v) is 19.8. The molecule has 0 radical (unpaired) electrons. The minimum Gasteiger partial charge on any atom is -0.488 e. The summed E-state index contributed by atoms with van der Waals surface area (Å²) in [6, 6.07) is 5.23. The van der Waals surface area contributed by atoms with Gasteiger partial charge in [0, 0.05) is 34.4 Å². The quantitative estimate of drug-likeness (QED) is 0.421. The standard InChI is InChI=1S/C28H37NO/c1-26(2,3)14-8-9-18-10-11-19-17-22-20-12-13-21(27(4,5)6)25-28(20,15-16-29(22)7)23(19)24(18)30-25/h9-14,20-22,25H,15-17H2,1-7H3/t8?,20-,21?,22+,25?,28-/m0/s1. The van der Waals surface area contributed by atoms with Gasteiger partial charge in [-0.1, -0.05) is 65.8 Å². The fourth-order valence-corrected chi connectivity index (χ4v) is 6.54. The van der Waals surface area contributed by atoms with Crippen molar-refractivity contribution in [2.75, 3.05) is 13.6 Å². The van der Waals surface area contributed by atoms with Gasteiger partial charge in [0.2, 0.25) is 0 Å². The number of benzene rings is 1. The van der Waals surface area contributed by atoms with Crippen molar-refractivity contribution in [3.63, 3.8) is 0 Å². The second kappa shape index (κ2) is 6.38. The third-order valence-electron chi connectivity index (χ3n) is 7.98. The molecule has 30 heavy (non-hydrogen) atoms. The van der Waals surface area contributed by atoms with Gasteiger partial charge < -0.3 is 9.64 Å². The fraction of sp³-hybridized carbons (Fsp3) is 0.607. The smallest absolute Gasteiger partial charge is 0.131 e. The molecule has 0 aromatic heterocycles. The number of hydrogen-bond donors (Lipinski definition) is 0. The van der Waals surface area contributed by atoms with Crippen molar-refractivity contribution < 1.29 is 4.74 Å². The van der Waals surface area contributed by atoms with Crippen molar-refractivity contribution in [3.05, 3.63) is 52.8 Å². The average molecular weight is 404 g/mol. The Labute approximate surface area is 182 Å². The van der Waals surface area contributed by atoms with E-state index in [-0.39, 0.29) is 22.3 Å². The average Bonchev–Trinajstić information content (AvgIpc) is 2.98. The van der Waals surface area contributed by atoms with E-state index < -0.39 is 0 Å². The molecule has 1 aromatic carbocycles. The summed E-state index contributed by atoms with van der Waals surface area (Å²) in [7, 11) is 2.31. The normalized spacial score (nSPS) is 34.1. The lowest BCUT2D eigenvalue weighted by molar-refractivity contribution is -0.0379. The minimum atomic E-state index is 0.129. The van der Waals surface area contributed by atoms with Crippen LogP contribution in [0.5, 0.6) is 5.75 Å². The first-order chi connectivity index (χ1) is 14.0. The summed E-state index contributed by atoms with van der Waals surface area (Å²) in [6.45, 7) is 14.9. The van der Waals surface area contributed by atoms with Gasteiger partial charge in [-0.2, -0.15) is 0 Å². The van der Waals surface area contributed by atoms with Crippen LogP contribution in [-0.2, 0) is 11.8 Å². The number of piperidine rings is 1. The number of hydrogen-bond acceptors (Lipinski definition) is 2. The molecule has 4 aliphatic rings. The monoisotopic (exact) mass is 403 g/mol. The Kier molecular flexibility index (Phi) is 4.28. The van der Waals surface area contributed by atoms with E-state index in [0.29, 0.717) is 17.9 Å². The zero-order chi connectivity index (χ0) is 21.5. The molecule has 1 saturated heterocycles. The highest BCUT2D eigenvalue weighted by Crippen LogP contribution is 2.63. The molecule has 2 bridgehead atoms. The van der Waals surface area contributed by atoms with Crippen LogP contribution >= 0.6 is 0 Å². The van der Waals surface area contributed by atoms with Crippen LogP contribution in [0, 0.1) is 22.7 Å². The molecule has 1 spiro atoms. The first-order valence-electron chi connectivity index (χ1n) is 11.7. The molecule has 0 amide bonds. The van der Waals surface area contributed by atoms with Crippen LogP contribution in [0.4, 0.5) is 0 Å². The summed E-state index contributed by atoms with van der Waals surface area (Å²) in [5.41, 5.74) is 8.14.